The fourth-order valence-corrected chi connectivity index (χ4v) is 2.41. The van der Waals surface area contributed by atoms with Gasteiger partial charge in [0.15, 0.2) is 5.60 Å². The largest absolute Gasteiger partial charge is 0.497 e. The lowest BCUT2D eigenvalue weighted by Crippen LogP contribution is -2.41. The molecule has 2 rings (SSSR count). The predicted molar refractivity (Wildman–Crippen MR) is 83.5 cm³/mol. The van der Waals surface area contributed by atoms with Crippen LogP contribution in [-0.4, -0.2) is 37.4 Å². The number of aliphatic hydroxyl groups is 1. The first kappa shape index (κ1) is 17.8. The highest BCUT2D eigenvalue weighted by Gasteiger charge is 2.46. The minimum atomic E-state index is -1.95. The Morgan fingerprint density at radius 3 is 2.62 bits per heavy atom. The predicted octanol–water partition coefficient (Wildman–Crippen LogP) is 1.68. The van der Waals surface area contributed by atoms with Gasteiger partial charge in [0.05, 0.1) is 32.8 Å². The van der Waals surface area contributed by atoms with Gasteiger partial charge in [-0.1, -0.05) is 0 Å². The van der Waals surface area contributed by atoms with Gasteiger partial charge in [-0.05, 0) is 26.0 Å². The van der Waals surface area contributed by atoms with Crippen LogP contribution < -0.4 is 9.47 Å². The molecule has 7 nitrogen and oxygen atoms in total. The van der Waals surface area contributed by atoms with Crippen molar-refractivity contribution in [3.63, 3.8) is 0 Å². The number of methoxy groups -OCH3 is 1. The molecule has 24 heavy (non-hydrogen) atoms. The van der Waals surface area contributed by atoms with Crippen molar-refractivity contribution in [2.75, 3.05) is 20.3 Å². The SMILES string of the molecule is CCOC(=O)/C=C1/CC(O)(C(=O)OCC)c2ccc(OC)cc2O1. The lowest BCUT2D eigenvalue weighted by Gasteiger charge is -2.33. The first-order chi connectivity index (χ1) is 11.4. The fourth-order valence-electron chi connectivity index (χ4n) is 2.41. The Morgan fingerprint density at radius 1 is 1.29 bits per heavy atom. The van der Waals surface area contributed by atoms with Crippen LogP contribution in [0, 0.1) is 0 Å². The Balaban J connectivity index is 2.47. The van der Waals surface area contributed by atoms with Crippen LogP contribution in [0.2, 0.25) is 0 Å². The molecule has 0 saturated carbocycles. The molecule has 0 radical (unpaired) electrons. The molecular formula is C17H20O7. The smallest absolute Gasteiger partial charge is 0.343 e. The molecule has 0 aliphatic carbocycles. The van der Waals surface area contributed by atoms with Gasteiger partial charge in [-0.2, -0.15) is 0 Å². The van der Waals surface area contributed by atoms with Crippen LogP contribution in [0.15, 0.2) is 30.0 Å². The van der Waals surface area contributed by atoms with E-state index in [9.17, 15) is 14.7 Å². The zero-order valence-corrected chi connectivity index (χ0v) is 13.8. The van der Waals surface area contributed by atoms with Crippen LogP contribution in [-0.2, 0) is 24.7 Å². The van der Waals surface area contributed by atoms with E-state index in [1.807, 2.05) is 0 Å². The minimum Gasteiger partial charge on any atom is -0.497 e. The Hall–Kier alpha value is -2.54. The van der Waals surface area contributed by atoms with Gasteiger partial charge < -0.3 is 24.1 Å². The van der Waals surface area contributed by atoms with Crippen molar-refractivity contribution < 1.29 is 33.6 Å². The Kier molecular flexibility index (Phi) is 5.46. The van der Waals surface area contributed by atoms with Crippen molar-refractivity contribution in [3.05, 3.63) is 35.6 Å². The average Bonchev–Trinajstić information content (AvgIpc) is 2.54. The van der Waals surface area contributed by atoms with E-state index in [2.05, 4.69) is 0 Å². The van der Waals surface area contributed by atoms with Gasteiger partial charge >= 0.3 is 11.9 Å². The highest BCUT2D eigenvalue weighted by atomic mass is 16.6. The van der Waals surface area contributed by atoms with Crippen LogP contribution in [0.25, 0.3) is 0 Å². The summed E-state index contributed by atoms with van der Waals surface area (Å²) in [6.07, 6.45) is 0.875. The molecule has 0 saturated heterocycles. The first-order valence-corrected chi connectivity index (χ1v) is 7.57. The Morgan fingerprint density at radius 2 is 2.00 bits per heavy atom. The fraction of sp³-hybridized carbons (Fsp3) is 0.412. The molecule has 1 unspecified atom stereocenters. The topological polar surface area (TPSA) is 91.3 Å². The van der Waals surface area contributed by atoms with Crippen molar-refractivity contribution >= 4 is 11.9 Å². The van der Waals surface area contributed by atoms with Gasteiger partial charge in [-0.25, -0.2) is 9.59 Å². The number of carbonyl (C=O) groups excluding carboxylic acids is 2. The number of esters is 2. The number of fused-ring (bicyclic) bond motifs is 1. The van der Waals surface area contributed by atoms with Gasteiger partial charge in [0.25, 0.3) is 0 Å². The summed E-state index contributed by atoms with van der Waals surface area (Å²) in [7, 11) is 1.48. The zero-order valence-electron chi connectivity index (χ0n) is 13.8. The third-order valence-electron chi connectivity index (χ3n) is 3.48. The highest BCUT2D eigenvalue weighted by Crippen LogP contribution is 2.43. The van der Waals surface area contributed by atoms with Crippen molar-refractivity contribution in [2.24, 2.45) is 0 Å². The van der Waals surface area contributed by atoms with Crippen molar-refractivity contribution in [1.29, 1.82) is 0 Å². The summed E-state index contributed by atoms with van der Waals surface area (Å²) in [5.41, 5.74) is -1.70. The summed E-state index contributed by atoms with van der Waals surface area (Å²) < 4.78 is 20.6. The van der Waals surface area contributed by atoms with Crippen molar-refractivity contribution in [1.82, 2.24) is 0 Å². The van der Waals surface area contributed by atoms with Crippen LogP contribution in [0.5, 0.6) is 11.5 Å². The van der Waals surface area contributed by atoms with Gasteiger partial charge in [0.2, 0.25) is 0 Å². The van der Waals surface area contributed by atoms with Crippen molar-refractivity contribution in [3.8, 4) is 11.5 Å². The average molecular weight is 336 g/mol. The molecule has 1 atom stereocenters. The van der Waals surface area contributed by atoms with E-state index in [-0.39, 0.29) is 36.7 Å². The normalized spacial score (nSPS) is 20.8. The van der Waals surface area contributed by atoms with E-state index >= 15 is 0 Å². The molecule has 0 bridgehead atoms. The maximum atomic E-state index is 12.3. The number of ether oxygens (including phenoxy) is 4. The molecule has 130 valence electrons. The van der Waals surface area contributed by atoms with Crippen LogP contribution in [0.3, 0.4) is 0 Å². The molecule has 1 aliphatic heterocycles. The molecule has 0 aromatic heterocycles. The van der Waals surface area contributed by atoms with E-state index < -0.39 is 17.5 Å². The molecule has 0 spiro atoms. The molecule has 1 aliphatic rings. The second kappa shape index (κ2) is 7.35. The minimum absolute atomic E-state index is 0.102. The van der Waals surface area contributed by atoms with Crippen LogP contribution >= 0.6 is 0 Å². The second-order valence-corrected chi connectivity index (χ2v) is 5.08. The maximum absolute atomic E-state index is 12.3. The summed E-state index contributed by atoms with van der Waals surface area (Å²) in [5.74, 6) is -0.631. The zero-order chi connectivity index (χ0) is 17.7. The molecule has 1 aromatic carbocycles. The Labute approximate surface area is 139 Å². The van der Waals surface area contributed by atoms with Crippen molar-refractivity contribution in [2.45, 2.75) is 25.9 Å². The van der Waals surface area contributed by atoms with E-state index in [1.165, 1.54) is 19.2 Å². The van der Waals surface area contributed by atoms with Gasteiger partial charge in [-0.15, -0.1) is 0 Å². The van der Waals surface area contributed by atoms with Gasteiger partial charge in [0, 0.05) is 11.6 Å². The number of benzene rings is 1. The standard InChI is InChI=1S/C17H20O7/c1-4-22-15(18)9-12-10-17(20,16(19)23-5-2)13-7-6-11(21-3)8-14(13)24-12/h6-9,20H,4-5,10H2,1-3H3/b12-9-. The highest BCUT2D eigenvalue weighted by molar-refractivity contribution is 5.85. The molecule has 7 heteroatoms. The molecule has 0 fully saturated rings. The summed E-state index contributed by atoms with van der Waals surface area (Å²) in [6.45, 7) is 3.64. The molecular weight excluding hydrogens is 316 g/mol. The third-order valence-corrected chi connectivity index (χ3v) is 3.48. The van der Waals surface area contributed by atoms with Gasteiger partial charge in [0.1, 0.15) is 17.3 Å². The van der Waals surface area contributed by atoms with E-state index in [4.69, 9.17) is 18.9 Å². The van der Waals surface area contributed by atoms with Crippen LogP contribution in [0.4, 0.5) is 0 Å². The second-order valence-electron chi connectivity index (χ2n) is 5.08. The Bertz CT molecular complexity index is 665. The monoisotopic (exact) mass is 336 g/mol. The van der Waals surface area contributed by atoms with E-state index in [0.29, 0.717) is 5.75 Å². The number of hydrogen-bond acceptors (Lipinski definition) is 7. The van der Waals surface area contributed by atoms with Crippen LogP contribution in [0.1, 0.15) is 25.8 Å². The molecule has 1 aromatic rings. The molecule has 1 heterocycles. The third kappa shape index (κ3) is 3.51. The summed E-state index contributed by atoms with van der Waals surface area (Å²) in [6, 6.07) is 4.66. The molecule has 0 amide bonds. The van der Waals surface area contributed by atoms with E-state index in [1.54, 1.807) is 19.9 Å². The summed E-state index contributed by atoms with van der Waals surface area (Å²) >= 11 is 0. The lowest BCUT2D eigenvalue weighted by atomic mass is 9.86. The molecule has 1 N–H and O–H groups in total. The number of hydrogen-bond donors (Lipinski definition) is 1. The lowest BCUT2D eigenvalue weighted by molar-refractivity contribution is -0.168. The summed E-state index contributed by atoms with van der Waals surface area (Å²) in [5, 5.41) is 10.9. The van der Waals surface area contributed by atoms with Gasteiger partial charge in [-0.3, -0.25) is 0 Å². The first-order valence-electron chi connectivity index (χ1n) is 7.57. The quantitative estimate of drug-likeness (QED) is 0.646. The summed E-state index contributed by atoms with van der Waals surface area (Å²) in [4.78, 5) is 23.9. The maximum Gasteiger partial charge on any atom is 0.343 e. The van der Waals surface area contributed by atoms with E-state index in [0.717, 1.165) is 6.08 Å². The number of rotatable bonds is 5. The number of carbonyl (C=O) groups is 2.